The van der Waals surface area contributed by atoms with Crippen LogP contribution in [0.25, 0.3) is 11.1 Å². The molecule has 110 valence electrons. The summed E-state index contributed by atoms with van der Waals surface area (Å²) in [4.78, 5) is 0. The third kappa shape index (κ3) is 2.20. The quantitative estimate of drug-likeness (QED) is 0.761. The molecule has 0 radical (unpaired) electrons. The van der Waals surface area contributed by atoms with E-state index in [0.29, 0.717) is 0 Å². The maximum Gasteiger partial charge on any atom is 0.106 e. The van der Waals surface area contributed by atoms with E-state index in [1.54, 1.807) is 0 Å². The van der Waals surface area contributed by atoms with Gasteiger partial charge >= 0.3 is 0 Å². The third-order valence-electron chi connectivity index (χ3n) is 4.50. The van der Waals surface area contributed by atoms with Gasteiger partial charge in [0.2, 0.25) is 0 Å². The molecule has 1 aliphatic carbocycles. The summed E-state index contributed by atoms with van der Waals surface area (Å²) in [6.07, 6.45) is -1.74. The van der Waals surface area contributed by atoms with Gasteiger partial charge in [0.15, 0.2) is 0 Å². The maximum absolute atomic E-state index is 10.2. The van der Waals surface area contributed by atoms with Crippen LogP contribution in [0.5, 0.6) is 0 Å². The maximum atomic E-state index is 10.2. The van der Waals surface area contributed by atoms with E-state index in [9.17, 15) is 10.2 Å². The van der Waals surface area contributed by atoms with Crippen LogP contribution >= 0.6 is 12.6 Å². The smallest absolute Gasteiger partial charge is 0.106 e. The fraction of sp³-hybridized carbons (Fsp3) is 0.333. The molecule has 2 unspecified atom stereocenters. The van der Waals surface area contributed by atoms with Crippen LogP contribution in [0, 0.1) is 0 Å². The molecule has 0 bridgehead atoms. The highest BCUT2D eigenvalue weighted by Crippen LogP contribution is 2.49. The molecule has 1 aliphatic rings. The molecular formula is C18H20O2S. The fourth-order valence-corrected chi connectivity index (χ4v) is 3.43. The van der Waals surface area contributed by atoms with Crippen LogP contribution in [0.3, 0.4) is 0 Å². The SMILES string of the molecule is CC1(C)c2ccccc2-c2ccc(C(O)C(O)CS)cc21. The lowest BCUT2D eigenvalue weighted by atomic mass is 9.81. The van der Waals surface area contributed by atoms with E-state index in [2.05, 4.69) is 50.7 Å². The van der Waals surface area contributed by atoms with E-state index in [1.807, 2.05) is 18.2 Å². The minimum atomic E-state index is -0.896. The van der Waals surface area contributed by atoms with E-state index in [4.69, 9.17) is 0 Å². The summed E-state index contributed by atoms with van der Waals surface area (Å²) >= 11 is 4.05. The summed E-state index contributed by atoms with van der Waals surface area (Å²) in [5.41, 5.74) is 5.64. The van der Waals surface area contributed by atoms with Crippen LogP contribution in [0.15, 0.2) is 42.5 Å². The van der Waals surface area contributed by atoms with Crippen molar-refractivity contribution in [3.63, 3.8) is 0 Å². The van der Waals surface area contributed by atoms with Crippen molar-refractivity contribution in [2.45, 2.75) is 31.5 Å². The Morgan fingerprint density at radius 1 is 1.00 bits per heavy atom. The summed E-state index contributed by atoms with van der Waals surface area (Å²) in [6, 6.07) is 14.4. The largest absolute Gasteiger partial charge is 0.389 e. The molecule has 3 heteroatoms. The summed E-state index contributed by atoms with van der Waals surface area (Å²) < 4.78 is 0. The summed E-state index contributed by atoms with van der Waals surface area (Å²) in [6.45, 7) is 4.39. The molecule has 0 amide bonds. The first-order valence-corrected chi connectivity index (χ1v) is 7.81. The molecule has 2 aromatic carbocycles. The highest BCUT2D eigenvalue weighted by atomic mass is 32.1. The highest BCUT2D eigenvalue weighted by molar-refractivity contribution is 7.80. The zero-order chi connectivity index (χ0) is 15.2. The molecule has 0 spiro atoms. The predicted octanol–water partition coefficient (Wildman–Crippen LogP) is 3.32. The number of hydrogen-bond acceptors (Lipinski definition) is 3. The van der Waals surface area contributed by atoms with Gasteiger partial charge in [-0.05, 0) is 27.8 Å². The second kappa shape index (κ2) is 5.16. The first-order valence-electron chi connectivity index (χ1n) is 7.18. The monoisotopic (exact) mass is 300 g/mol. The van der Waals surface area contributed by atoms with Crippen molar-refractivity contribution >= 4 is 12.6 Å². The highest BCUT2D eigenvalue weighted by Gasteiger charge is 2.35. The lowest BCUT2D eigenvalue weighted by Gasteiger charge is -2.23. The number of aliphatic hydroxyl groups is 2. The second-order valence-corrected chi connectivity index (χ2v) is 6.54. The Bertz CT molecular complexity index is 679. The average molecular weight is 300 g/mol. The Kier molecular flexibility index (Phi) is 3.60. The van der Waals surface area contributed by atoms with Gasteiger partial charge in [0.1, 0.15) is 6.10 Å². The lowest BCUT2D eigenvalue weighted by molar-refractivity contribution is 0.0337. The van der Waals surface area contributed by atoms with Gasteiger partial charge in [0.25, 0.3) is 0 Å². The van der Waals surface area contributed by atoms with Gasteiger partial charge in [-0.3, -0.25) is 0 Å². The Labute approximate surface area is 130 Å². The molecule has 0 saturated heterocycles. The van der Waals surface area contributed by atoms with Crippen LogP contribution in [-0.4, -0.2) is 22.1 Å². The van der Waals surface area contributed by atoms with E-state index in [-0.39, 0.29) is 11.2 Å². The topological polar surface area (TPSA) is 40.5 Å². The second-order valence-electron chi connectivity index (χ2n) is 6.17. The summed E-state index contributed by atoms with van der Waals surface area (Å²) in [5.74, 6) is 0.238. The summed E-state index contributed by atoms with van der Waals surface area (Å²) in [5, 5.41) is 20.0. The number of hydrogen-bond donors (Lipinski definition) is 3. The van der Waals surface area contributed by atoms with E-state index in [1.165, 1.54) is 22.3 Å². The molecule has 0 fully saturated rings. The molecule has 0 aromatic heterocycles. The Morgan fingerprint density at radius 2 is 1.67 bits per heavy atom. The van der Waals surface area contributed by atoms with Gasteiger partial charge in [-0.1, -0.05) is 56.3 Å². The molecular weight excluding hydrogens is 280 g/mol. The average Bonchev–Trinajstić information content (AvgIpc) is 2.74. The van der Waals surface area contributed by atoms with Crippen molar-refractivity contribution in [3.8, 4) is 11.1 Å². The van der Waals surface area contributed by atoms with Gasteiger partial charge in [-0.25, -0.2) is 0 Å². The molecule has 0 saturated carbocycles. The number of fused-ring (bicyclic) bond motifs is 3. The van der Waals surface area contributed by atoms with Crippen molar-refractivity contribution < 1.29 is 10.2 Å². The van der Waals surface area contributed by atoms with Crippen molar-refractivity contribution in [2.24, 2.45) is 0 Å². The molecule has 2 atom stereocenters. The van der Waals surface area contributed by atoms with E-state index >= 15 is 0 Å². The van der Waals surface area contributed by atoms with Crippen molar-refractivity contribution in [1.82, 2.24) is 0 Å². The number of thiol groups is 1. The van der Waals surface area contributed by atoms with Crippen molar-refractivity contribution in [1.29, 1.82) is 0 Å². The normalized spacial score (nSPS) is 18.0. The van der Waals surface area contributed by atoms with Crippen LogP contribution < -0.4 is 0 Å². The minimum Gasteiger partial charge on any atom is -0.389 e. The van der Waals surface area contributed by atoms with Crippen LogP contribution in [0.2, 0.25) is 0 Å². The molecule has 2 aromatic rings. The first kappa shape index (κ1) is 14.6. The fourth-order valence-electron chi connectivity index (χ4n) is 3.23. The Balaban J connectivity index is 2.12. The number of rotatable bonds is 3. The summed E-state index contributed by atoms with van der Waals surface area (Å²) in [7, 11) is 0. The molecule has 3 rings (SSSR count). The lowest BCUT2D eigenvalue weighted by Crippen LogP contribution is -2.21. The van der Waals surface area contributed by atoms with Gasteiger partial charge in [-0.2, -0.15) is 12.6 Å². The minimum absolute atomic E-state index is 0.0897. The van der Waals surface area contributed by atoms with Crippen LogP contribution in [0.4, 0.5) is 0 Å². The van der Waals surface area contributed by atoms with Crippen LogP contribution in [-0.2, 0) is 5.41 Å². The predicted molar refractivity (Wildman–Crippen MR) is 88.8 cm³/mol. The third-order valence-corrected chi connectivity index (χ3v) is 4.87. The Morgan fingerprint density at radius 3 is 2.38 bits per heavy atom. The first-order chi connectivity index (χ1) is 9.96. The van der Waals surface area contributed by atoms with E-state index in [0.717, 1.165) is 5.56 Å². The standard InChI is InChI=1S/C18H20O2S/c1-18(2)14-6-4-3-5-12(14)13-8-7-11(9-15(13)18)17(20)16(19)10-21/h3-9,16-17,19-21H,10H2,1-2H3. The van der Waals surface area contributed by atoms with E-state index < -0.39 is 12.2 Å². The van der Waals surface area contributed by atoms with Crippen molar-refractivity contribution in [2.75, 3.05) is 5.75 Å². The molecule has 0 heterocycles. The Hall–Kier alpha value is -1.29. The zero-order valence-corrected chi connectivity index (χ0v) is 13.1. The number of aliphatic hydroxyl groups excluding tert-OH is 2. The zero-order valence-electron chi connectivity index (χ0n) is 12.2. The number of benzene rings is 2. The molecule has 2 nitrogen and oxygen atoms in total. The van der Waals surface area contributed by atoms with Gasteiger partial charge in [-0.15, -0.1) is 0 Å². The van der Waals surface area contributed by atoms with Crippen LogP contribution in [0.1, 0.15) is 36.6 Å². The van der Waals surface area contributed by atoms with Gasteiger partial charge in [0.05, 0.1) is 6.10 Å². The molecule has 21 heavy (non-hydrogen) atoms. The van der Waals surface area contributed by atoms with Gasteiger partial charge < -0.3 is 10.2 Å². The molecule has 2 N–H and O–H groups in total. The molecule has 0 aliphatic heterocycles. The van der Waals surface area contributed by atoms with Crippen molar-refractivity contribution in [3.05, 3.63) is 59.2 Å². The van der Waals surface area contributed by atoms with Gasteiger partial charge in [0, 0.05) is 11.2 Å².